The number of amides is 1. The van der Waals surface area contributed by atoms with Gasteiger partial charge in [-0.05, 0) is 31.0 Å². The molecule has 0 bridgehead atoms. The zero-order valence-electron chi connectivity index (χ0n) is 16.6. The maximum atomic E-state index is 13.4. The number of benzene rings is 1. The molecule has 2 aliphatic rings. The van der Waals surface area contributed by atoms with E-state index in [1.807, 2.05) is 45.5 Å². The van der Waals surface area contributed by atoms with Crippen molar-refractivity contribution < 1.29 is 4.79 Å². The molecule has 3 heterocycles. The molecular formula is C21H26N6O2. The van der Waals surface area contributed by atoms with Crippen LogP contribution in [0.4, 0.5) is 0 Å². The molecule has 1 aliphatic carbocycles. The highest BCUT2D eigenvalue weighted by atomic mass is 16.2. The average Bonchev–Trinajstić information content (AvgIpc) is 3.46. The molecule has 2 aromatic heterocycles. The summed E-state index contributed by atoms with van der Waals surface area (Å²) in [6, 6.07) is 5.73. The fraction of sp³-hybridized carbons (Fsp3) is 0.476. The van der Waals surface area contributed by atoms with Crippen molar-refractivity contribution in [3.63, 3.8) is 0 Å². The standard InChI is InChI=1S/C21H26N6O2/c1-25-10-9-23-19(25)18-13-22-8-11-26(18)20(28)14-6-7-17-16(12-14)24-21(29)27(17)15-4-2-3-5-15/h6-7,9-10,12,15,18,22H,2-5,8,11,13H2,1H3,(H,24,29). The predicted molar refractivity (Wildman–Crippen MR) is 110 cm³/mol. The molecule has 29 heavy (non-hydrogen) atoms. The molecule has 1 saturated heterocycles. The van der Waals surface area contributed by atoms with Crippen LogP contribution in [0.5, 0.6) is 0 Å². The van der Waals surface area contributed by atoms with Crippen molar-refractivity contribution in [3.8, 4) is 0 Å². The summed E-state index contributed by atoms with van der Waals surface area (Å²) in [5.74, 6) is 0.836. The molecule has 0 spiro atoms. The minimum Gasteiger partial charge on any atom is -0.336 e. The van der Waals surface area contributed by atoms with Crippen molar-refractivity contribution in [1.29, 1.82) is 0 Å². The molecule has 3 aromatic rings. The van der Waals surface area contributed by atoms with E-state index in [0.717, 1.165) is 49.1 Å². The number of aromatic amines is 1. The lowest BCUT2D eigenvalue weighted by Gasteiger charge is -2.35. The summed E-state index contributed by atoms with van der Waals surface area (Å²) < 4.78 is 3.83. The molecule has 1 amide bonds. The van der Waals surface area contributed by atoms with E-state index in [1.54, 1.807) is 6.20 Å². The van der Waals surface area contributed by atoms with Crippen LogP contribution in [-0.2, 0) is 7.05 Å². The Kier molecular flexibility index (Phi) is 4.50. The molecule has 8 nitrogen and oxygen atoms in total. The van der Waals surface area contributed by atoms with Crippen LogP contribution in [0.25, 0.3) is 11.0 Å². The first-order chi connectivity index (χ1) is 14.1. The number of carbonyl (C=O) groups excluding carboxylic acids is 1. The molecule has 1 aliphatic heterocycles. The number of nitrogens with zero attached hydrogens (tertiary/aromatic N) is 4. The van der Waals surface area contributed by atoms with Gasteiger partial charge in [-0.2, -0.15) is 0 Å². The quantitative estimate of drug-likeness (QED) is 0.711. The van der Waals surface area contributed by atoms with Crippen molar-refractivity contribution >= 4 is 16.9 Å². The lowest BCUT2D eigenvalue weighted by atomic mass is 10.1. The van der Waals surface area contributed by atoms with Gasteiger partial charge in [0.15, 0.2) is 0 Å². The lowest BCUT2D eigenvalue weighted by molar-refractivity contribution is 0.0621. The Balaban J connectivity index is 1.49. The summed E-state index contributed by atoms with van der Waals surface area (Å²) in [6.45, 7) is 2.05. The van der Waals surface area contributed by atoms with E-state index in [0.29, 0.717) is 18.7 Å². The fourth-order valence-corrected chi connectivity index (χ4v) is 4.83. The summed E-state index contributed by atoms with van der Waals surface area (Å²) in [5.41, 5.74) is 2.14. The monoisotopic (exact) mass is 394 g/mol. The number of H-pyrrole nitrogens is 1. The normalized spacial score (nSPS) is 20.6. The van der Waals surface area contributed by atoms with Crippen molar-refractivity contribution in [1.82, 2.24) is 29.3 Å². The number of carbonyl (C=O) groups is 1. The maximum absolute atomic E-state index is 13.4. The third-order valence-corrected chi connectivity index (χ3v) is 6.31. The van der Waals surface area contributed by atoms with Gasteiger partial charge in [0.05, 0.1) is 11.0 Å². The first-order valence-electron chi connectivity index (χ1n) is 10.4. The minimum atomic E-state index is -0.117. The van der Waals surface area contributed by atoms with Crippen LogP contribution >= 0.6 is 0 Å². The van der Waals surface area contributed by atoms with E-state index < -0.39 is 0 Å². The van der Waals surface area contributed by atoms with Crippen LogP contribution < -0.4 is 11.0 Å². The third-order valence-electron chi connectivity index (χ3n) is 6.31. The Hall–Kier alpha value is -2.87. The highest BCUT2D eigenvalue weighted by Gasteiger charge is 2.31. The second-order valence-electron chi connectivity index (χ2n) is 8.09. The van der Waals surface area contributed by atoms with Crippen molar-refractivity contribution in [3.05, 3.63) is 52.5 Å². The van der Waals surface area contributed by atoms with Crippen LogP contribution in [0, 0.1) is 0 Å². The topological polar surface area (TPSA) is 88.0 Å². The van der Waals surface area contributed by atoms with Gasteiger partial charge >= 0.3 is 5.69 Å². The first-order valence-corrected chi connectivity index (χ1v) is 10.4. The smallest absolute Gasteiger partial charge is 0.326 e. The number of piperazine rings is 1. The Morgan fingerprint density at radius 1 is 1.24 bits per heavy atom. The van der Waals surface area contributed by atoms with E-state index in [4.69, 9.17) is 0 Å². The summed E-state index contributed by atoms with van der Waals surface area (Å²) in [7, 11) is 1.95. The number of hydrogen-bond donors (Lipinski definition) is 2. The Morgan fingerprint density at radius 2 is 2.07 bits per heavy atom. The minimum absolute atomic E-state index is 0.0316. The van der Waals surface area contributed by atoms with Gasteiger partial charge in [-0.1, -0.05) is 12.8 Å². The van der Waals surface area contributed by atoms with Crippen LogP contribution in [0.3, 0.4) is 0 Å². The highest BCUT2D eigenvalue weighted by Crippen LogP contribution is 2.31. The van der Waals surface area contributed by atoms with Crippen LogP contribution in [-0.4, -0.2) is 49.5 Å². The lowest BCUT2D eigenvalue weighted by Crippen LogP contribution is -2.49. The number of aromatic nitrogens is 4. The molecule has 8 heteroatoms. The average molecular weight is 394 g/mol. The van der Waals surface area contributed by atoms with Gasteiger partial charge in [-0.25, -0.2) is 9.78 Å². The number of hydrogen-bond acceptors (Lipinski definition) is 4. The Bertz CT molecular complexity index is 1100. The molecule has 1 atom stereocenters. The van der Waals surface area contributed by atoms with Gasteiger partial charge < -0.3 is 19.8 Å². The largest absolute Gasteiger partial charge is 0.336 e. The summed E-state index contributed by atoms with van der Waals surface area (Å²) in [6.07, 6.45) is 8.07. The van der Waals surface area contributed by atoms with Crippen LogP contribution in [0.1, 0.15) is 53.9 Å². The molecule has 5 rings (SSSR count). The number of fused-ring (bicyclic) bond motifs is 1. The second kappa shape index (κ2) is 7.18. The van der Waals surface area contributed by atoms with Gasteiger partial charge in [0, 0.05) is 50.7 Å². The summed E-state index contributed by atoms with van der Waals surface area (Å²) in [4.78, 5) is 35.2. The number of imidazole rings is 2. The number of nitrogens with one attached hydrogen (secondary N) is 2. The van der Waals surface area contributed by atoms with E-state index in [2.05, 4.69) is 15.3 Å². The molecule has 152 valence electrons. The molecule has 1 saturated carbocycles. The van der Waals surface area contributed by atoms with E-state index in [1.165, 1.54) is 0 Å². The van der Waals surface area contributed by atoms with Gasteiger partial charge in [0.1, 0.15) is 11.9 Å². The van der Waals surface area contributed by atoms with Gasteiger partial charge in [0.25, 0.3) is 5.91 Å². The van der Waals surface area contributed by atoms with Crippen molar-refractivity contribution in [2.75, 3.05) is 19.6 Å². The molecule has 0 radical (unpaired) electrons. The van der Waals surface area contributed by atoms with Gasteiger partial charge in [-0.15, -0.1) is 0 Å². The van der Waals surface area contributed by atoms with Gasteiger partial charge in [-0.3, -0.25) is 9.36 Å². The van der Waals surface area contributed by atoms with Crippen LogP contribution in [0.2, 0.25) is 0 Å². The highest BCUT2D eigenvalue weighted by molar-refractivity contribution is 5.97. The SMILES string of the molecule is Cn1ccnc1C1CNCCN1C(=O)c1ccc2c(c1)[nH]c(=O)n2C1CCCC1. The van der Waals surface area contributed by atoms with E-state index in [9.17, 15) is 9.59 Å². The van der Waals surface area contributed by atoms with E-state index >= 15 is 0 Å². The number of aryl methyl sites for hydroxylation is 1. The predicted octanol–water partition coefficient (Wildman–Crippen LogP) is 1.96. The summed E-state index contributed by atoms with van der Waals surface area (Å²) >= 11 is 0. The molecule has 2 fully saturated rings. The number of rotatable bonds is 3. The Morgan fingerprint density at radius 3 is 2.83 bits per heavy atom. The zero-order chi connectivity index (χ0) is 20.0. The van der Waals surface area contributed by atoms with Crippen LogP contribution in [0.15, 0.2) is 35.4 Å². The second-order valence-corrected chi connectivity index (χ2v) is 8.09. The fourth-order valence-electron chi connectivity index (χ4n) is 4.83. The van der Waals surface area contributed by atoms with Crippen molar-refractivity contribution in [2.24, 2.45) is 7.05 Å². The molecule has 1 aromatic carbocycles. The van der Waals surface area contributed by atoms with Gasteiger partial charge in [0.2, 0.25) is 0 Å². The maximum Gasteiger partial charge on any atom is 0.326 e. The Labute approximate surface area is 168 Å². The molecule has 2 N–H and O–H groups in total. The zero-order valence-corrected chi connectivity index (χ0v) is 16.6. The molecule has 1 unspecified atom stereocenters. The van der Waals surface area contributed by atoms with Crippen molar-refractivity contribution in [2.45, 2.75) is 37.8 Å². The van der Waals surface area contributed by atoms with E-state index in [-0.39, 0.29) is 23.7 Å². The summed E-state index contributed by atoms with van der Waals surface area (Å²) in [5, 5.41) is 3.36. The first kappa shape index (κ1) is 18.2. The molecular weight excluding hydrogens is 368 g/mol. The third kappa shape index (κ3) is 3.07.